The van der Waals surface area contributed by atoms with E-state index in [9.17, 15) is 8.42 Å². The molecule has 3 nitrogen and oxygen atoms in total. The number of sulfone groups is 1. The van der Waals surface area contributed by atoms with Crippen LogP contribution in [0.25, 0.3) is 0 Å². The molecule has 0 saturated heterocycles. The summed E-state index contributed by atoms with van der Waals surface area (Å²) in [5.41, 5.74) is 5.15. The van der Waals surface area contributed by atoms with Crippen molar-refractivity contribution in [2.75, 3.05) is 0 Å². The van der Waals surface area contributed by atoms with E-state index in [-0.39, 0.29) is 11.8 Å². The van der Waals surface area contributed by atoms with Gasteiger partial charge in [0.05, 0.1) is 9.79 Å². The molecule has 2 atom stereocenters. The van der Waals surface area contributed by atoms with E-state index in [2.05, 4.69) is 36.4 Å². The van der Waals surface area contributed by atoms with E-state index in [0.29, 0.717) is 9.79 Å². The summed E-state index contributed by atoms with van der Waals surface area (Å²) in [5.74, 6) is 2.13. The van der Waals surface area contributed by atoms with Crippen molar-refractivity contribution < 1.29 is 13.2 Å². The first kappa shape index (κ1) is 24.2. The summed E-state index contributed by atoms with van der Waals surface area (Å²) in [5, 5.41) is 0. The lowest BCUT2D eigenvalue weighted by Crippen LogP contribution is -2.22. The van der Waals surface area contributed by atoms with Crippen molar-refractivity contribution in [3.8, 4) is 11.5 Å². The smallest absolute Gasteiger partial charge is 0.206 e. The lowest BCUT2D eigenvalue weighted by Gasteiger charge is -2.34. The van der Waals surface area contributed by atoms with E-state index in [0.717, 1.165) is 29.9 Å². The van der Waals surface area contributed by atoms with Gasteiger partial charge in [0.25, 0.3) is 0 Å². The molecule has 0 bridgehead atoms. The van der Waals surface area contributed by atoms with E-state index in [1.807, 2.05) is 60.7 Å². The molecule has 1 aliphatic carbocycles. The Morgan fingerprint density at radius 1 is 0.474 bits per heavy atom. The highest BCUT2D eigenvalue weighted by Crippen LogP contribution is 2.43. The summed E-state index contributed by atoms with van der Waals surface area (Å²) < 4.78 is 32.3. The molecular formula is C34H28O3S. The van der Waals surface area contributed by atoms with E-state index in [1.54, 1.807) is 36.4 Å². The van der Waals surface area contributed by atoms with Gasteiger partial charge >= 0.3 is 0 Å². The predicted molar refractivity (Wildman–Crippen MR) is 151 cm³/mol. The van der Waals surface area contributed by atoms with Crippen LogP contribution < -0.4 is 4.74 Å². The van der Waals surface area contributed by atoms with Crippen LogP contribution in [-0.4, -0.2) is 8.42 Å². The van der Waals surface area contributed by atoms with Crippen molar-refractivity contribution in [3.63, 3.8) is 0 Å². The van der Waals surface area contributed by atoms with Crippen LogP contribution in [0, 0.1) is 0 Å². The van der Waals surface area contributed by atoms with Crippen molar-refractivity contribution >= 4 is 9.84 Å². The van der Waals surface area contributed by atoms with Gasteiger partial charge < -0.3 is 4.74 Å². The van der Waals surface area contributed by atoms with Crippen LogP contribution in [-0.2, 0) is 22.7 Å². The minimum atomic E-state index is -3.55. The third-order valence-corrected chi connectivity index (χ3v) is 9.23. The molecular weight excluding hydrogens is 488 g/mol. The van der Waals surface area contributed by atoms with Gasteiger partial charge in [-0.1, -0.05) is 84.9 Å². The minimum Gasteiger partial charge on any atom is -0.457 e. The van der Waals surface area contributed by atoms with E-state index < -0.39 is 9.84 Å². The third-order valence-electron chi connectivity index (χ3n) is 7.44. The van der Waals surface area contributed by atoms with Crippen LogP contribution in [0.5, 0.6) is 11.5 Å². The van der Waals surface area contributed by atoms with E-state index in [4.69, 9.17) is 4.74 Å². The fourth-order valence-corrected chi connectivity index (χ4v) is 6.73. The Hall–Kier alpha value is -4.15. The monoisotopic (exact) mass is 516 g/mol. The van der Waals surface area contributed by atoms with Gasteiger partial charge in [0.2, 0.25) is 9.84 Å². The highest BCUT2D eigenvalue weighted by molar-refractivity contribution is 7.91. The Balaban J connectivity index is 1.31. The normalized spacial score (nSPS) is 16.9. The fraction of sp³-hybridized carbons (Fsp3) is 0.118. The number of hydrogen-bond donors (Lipinski definition) is 0. The zero-order chi connectivity index (χ0) is 26.0. The molecule has 0 aliphatic heterocycles. The summed E-state index contributed by atoms with van der Waals surface area (Å²) in [6.45, 7) is 0. The molecule has 0 saturated carbocycles. The fourth-order valence-electron chi connectivity index (χ4n) is 5.45. The maximum Gasteiger partial charge on any atom is 0.206 e. The molecule has 0 amide bonds. The van der Waals surface area contributed by atoms with Crippen LogP contribution in [0.4, 0.5) is 0 Å². The summed E-state index contributed by atoms with van der Waals surface area (Å²) in [6.07, 6.45) is 1.84. The highest BCUT2D eigenvalue weighted by Gasteiger charge is 2.31. The van der Waals surface area contributed by atoms with Gasteiger partial charge in [-0.25, -0.2) is 8.42 Å². The zero-order valence-electron chi connectivity index (χ0n) is 20.9. The van der Waals surface area contributed by atoms with Crippen LogP contribution in [0.3, 0.4) is 0 Å². The van der Waals surface area contributed by atoms with Gasteiger partial charge in [0.15, 0.2) is 0 Å². The van der Waals surface area contributed by atoms with Gasteiger partial charge in [-0.3, -0.25) is 0 Å². The second-order valence-electron chi connectivity index (χ2n) is 9.76. The Bertz CT molecular complexity index is 1630. The first-order valence-electron chi connectivity index (χ1n) is 12.9. The number of fused-ring (bicyclic) bond motifs is 1. The molecule has 2 unspecified atom stereocenters. The summed E-state index contributed by atoms with van der Waals surface area (Å²) in [4.78, 5) is 0.637. The number of hydrogen-bond acceptors (Lipinski definition) is 3. The third kappa shape index (κ3) is 4.88. The minimum absolute atomic E-state index is 0.235. The topological polar surface area (TPSA) is 43.4 Å². The summed E-state index contributed by atoms with van der Waals surface area (Å²) in [6, 6.07) is 42.9. The van der Waals surface area contributed by atoms with Gasteiger partial charge in [-0.15, -0.1) is 0 Å². The van der Waals surface area contributed by atoms with Gasteiger partial charge in [-0.2, -0.15) is 0 Å². The van der Waals surface area contributed by atoms with Crippen molar-refractivity contribution in [1.82, 2.24) is 0 Å². The van der Waals surface area contributed by atoms with Crippen molar-refractivity contribution in [2.45, 2.75) is 34.5 Å². The SMILES string of the molecule is O=S(=O)(c1ccccc1)c1ccc(C2Cc3ccccc3CC2c2ccc(Oc3ccccc3)cc2)cc1. The van der Waals surface area contributed by atoms with Gasteiger partial charge in [0.1, 0.15) is 11.5 Å². The van der Waals surface area contributed by atoms with Crippen LogP contribution >= 0.6 is 0 Å². The number of benzene rings is 5. The van der Waals surface area contributed by atoms with Crippen LogP contribution in [0.2, 0.25) is 0 Å². The largest absolute Gasteiger partial charge is 0.457 e. The second kappa shape index (κ2) is 10.3. The van der Waals surface area contributed by atoms with Crippen LogP contribution in [0.1, 0.15) is 34.1 Å². The first-order valence-corrected chi connectivity index (χ1v) is 14.4. The zero-order valence-corrected chi connectivity index (χ0v) is 21.7. The first-order chi connectivity index (χ1) is 18.6. The highest BCUT2D eigenvalue weighted by atomic mass is 32.2. The van der Waals surface area contributed by atoms with Crippen molar-refractivity contribution in [3.05, 3.63) is 156 Å². The van der Waals surface area contributed by atoms with E-state index >= 15 is 0 Å². The molecule has 0 radical (unpaired) electrons. The lowest BCUT2D eigenvalue weighted by molar-refractivity contribution is 0.479. The molecule has 5 aromatic carbocycles. The predicted octanol–water partition coefficient (Wildman–Crippen LogP) is 7.98. The van der Waals surface area contributed by atoms with Gasteiger partial charge in [0, 0.05) is 0 Å². The average molecular weight is 517 g/mol. The Morgan fingerprint density at radius 3 is 1.45 bits per heavy atom. The molecule has 1 aliphatic rings. The molecule has 6 rings (SSSR count). The Kier molecular flexibility index (Phi) is 6.57. The van der Waals surface area contributed by atoms with E-state index in [1.165, 1.54) is 16.7 Å². The Labute approximate surface area is 224 Å². The number of rotatable bonds is 6. The molecule has 4 heteroatoms. The molecule has 0 fully saturated rings. The number of ether oxygens (including phenoxy) is 1. The average Bonchev–Trinajstić information content (AvgIpc) is 2.98. The second-order valence-corrected chi connectivity index (χ2v) is 11.7. The number of para-hydroxylation sites is 1. The molecule has 0 N–H and O–H groups in total. The molecule has 5 aromatic rings. The molecule has 188 valence electrons. The maximum atomic E-state index is 13.1. The summed E-state index contributed by atoms with van der Waals surface area (Å²) >= 11 is 0. The molecule has 0 heterocycles. The quantitative estimate of drug-likeness (QED) is 0.230. The van der Waals surface area contributed by atoms with Crippen molar-refractivity contribution in [2.24, 2.45) is 0 Å². The molecule has 38 heavy (non-hydrogen) atoms. The standard InChI is InChI=1S/C34H28O3S/c35-38(36,31-13-5-2-6-14-31)32-21-17-26(18-22-32)34-24-28-10-8-7-9-27(28)23-33(34)25-15-19-30(20-16-25)37-29-11-3-1-4-12-29/h1-22,33-34H,23-24H2. The lowest BCUT2D eigenvalue weighted by atomic mass is 9.70. The summed E-state index contributed by atoms with van der Waals surface area (Å²) in [7, 11) is -3.55. The Morgan fingerprint density at radius 2 is 0.895 bits per heavy atom. The molecule has 0 aromatic heterocycles. The van der Waals surface area contributed by atoms with Crippen LogP contribution in [0.15, 0.2) is 143 Å². The molecule has 0 spiro atoms. The van der Waals surface area contributed by atoms with Gasteiger partial charge in [-0.05, 0) is 95.5 Å². The van der Waals surface area contributed by atoms with Crippen molar-refractivity contribution in [1.29, 1.82) is 0 Å². The maximum absolute atomic E-state index is 13.1.